The predicted molar refractivity (Wildman–Crippen MR) is 102 cm³/mol. The lowest BCUT2D eigenvalue weighted by Crippen LogP contribution is -2.16. The van der Waals surface area contributed by atoms with Crippen LogP contribution in [0, 0.1) is 6.92 Å². The van der Waals surface area contributed by atoms with Crippen LogP contribution in [0.2, 0.25) is 0 Å². The first kappa shape index (κ1) is 18.2. The number of carbonyl (C=O) groups excluding carboxylic acids is 1. The van der Waals surface area contributed by atoms with Gasteiger partial charge in [0.05, 0.1) is 16.1 Å². The second-order valence-electron chi connectivity index (χ2n) is 6.94. The molecular weight excluding hydrogens is 380 g/mol. The Labute approximate surface area is 162 Å². The van der Waals surface area contributed by atoms with E-state index in [0.29, 0.717) is 11.4 Å². The Morgan fingerprint density at radius 1 is 1.11 bits per heavy atom. The molecule has 0 bridgehead atoms. The van der Waals surface area contributed by atoms with Crippen molar-refractivity contribution in [3.8, 4) is 5.69 Å². The monoisotopic (exact) mass is 398 g/mol. The molecule has 0 saturated carbocycles. The van der Waals surface area contributed by atoms with Gasteiger partial charge in [-0.25, -0.2) is 22.6 Å². The van der Waals surface area contributed by atoms with Crippen molar-refractivity contribution in [3.63, 3.8) is 0 Å². The van der Waals surface area contributed by atoms with E-state index in [1.165, 1.54) is 12.1 Å². The van der Waals surface area contributed by atoms with Crippen molar-refractivity contribution in [2.75, 3.05) is 4.72 Å². The zero-order valence-corrected chi connectivity index (χ0v) is 16.3. The molecule has 1 aliphatic heterocycles. The second-order valence-corrected chi connectivity index (χ2v) is 8.63. The van der Waals surface area contributed by atoms with Crippen molar-refractivity contribution in [1.82, 2.24) is 14.8 Å². The highest BCUT2D eigenvalue weighted by Crippen LogP contribution is 2.36. The molecule has 2 heterocycles. The molecule has 9 heteroatoms. The molecule has 3 aromatic rings. The van der Waals surface area contributed by atoms with Crippen molar-refractivity contribution in [2.45, 2.75) is 31.3 Å². The highest BCUT2D eigenvalue weighted by molar-refractivity contribution is 7.92. The number of esters is 1. The van der Waals surface area contributed by atoms with Crippen molar-refractivity contribution in [1.29, 1.82) is 0 Å². The number of fused-ring (bicyclic) bond motifs is 1. The van der Waals surface area contributed by atoms with Crippen molar-refractivity contribution in [3.05, 3.63) is 65.5 Å². The highest BCUT2D eigenvalue weighted by Gasteiger charge is 2.38. The maximum Gasteiger partial charge on any atom is 0.339 e. The summed E-state index contributed by atoms with van der Waals surface area (Å²) in [6.07, 6.45) is 0. The predicted octanol–water partition coefficient (Wildman–Crippen LogP) is 2.78. The van der Waals surface area contributed by atoms with Gasteiger partial charge in [-0.3, -0.25) is 0 Å². The summed E-state index contributed by atoms with van der Waals surface area (Å²) in [6, 6.07) is 13.6. The third kappa shape index (κ3) is 3.03. The molecule has 0 unspecified atom stereocenters. The van der Waals surface area contributed by atoms with Gasteiger partial charge < -0.3 is 4.74 Å². The number of aryl methyl sites for hydroxylation is 1. The minimum Gasteiger partial charge on any atom is -0.451 e. The Kier molecular flexibility index (Phi) is 4.00. The smallest absolute Gasteiger partial charge is 0.339 e. The van der Waals surface area contributed by atoms with E-state index >= 15 is 0 Å². The number of sulfonamides is 1. The van der Waals surface area contributed by atoms with Gasteiger partial charge in [0.2, 0.25) is 0 Å². The molecule has 0 aliphatic carbocycles. The number of cyclic esters (lactones) is 1. The zero-order valence-electron chi connectivity index (χ0n) is 15.5. The molecule has 1 aromatic heterocycles. The average Bonchev–Trinajstić information content (AvgIpc) is 3.11. The minimum atomic E-state index is -3.98. The zero-order chi connectivity index (χ0) is 20.1. The first-order valence-electron chi connectivity index (χ1n) is 8.57. The van der Waals surface area contributed by atoms with E-state index in [1.54, 1.807) is 31.5 Å². The molecule has 28 heavy (non-hydrogen) atoms. The molecular formula is C19H18N4O4S. The van der Waals surface area contributed by atoms with E-state index < -0.39 is 21.6 Å². The van der Waals surface area contributed by atoms with Crippen LogP contribution in [-0.4, -0.2) is 29.2 Å². The number of carbonyl (C=O) groups is 1. The van der Waals surface area contributed by atoms with Gasteiger partial charge in [0.25, 0.3) is 16.0 Å². The lowest BCUT2D eigenvalue weighted by atomic mass is 9.96. The normalized spacial score (nSPS) is 15.2. The number of aromatic nitrogens is 3. The third-order valence-corrected chi connectivity index (χ3v) is 5.84. The van der Waals surface area contributed by atoms with Crippen LogP contribution in [0.25, 0.3) is 5.69 Å². The van der Waals surface area contributed by atoms with Crippen molar-refractivity contribution in [2.24, 2.45) is 0 Å². The van der Waals surface area contributed by atoms with Crippen LogP contribution in [0.4, 0.5) is 5.95 Å². The number of hydrogen-bond acceptors (Lipinski definition) is 6. The summed E-state index contributed by atoms with van der Waals surface area (Å²) in [5, 5.41) is 4.22. The highest BCUT2D eigenvalue weighted by atomic mass is 32.2. The second kappa shape index (κ2) is 6.16. The maximum atomic E-state index is 12.8. The van der Waals surface area contributed by atoms with Gasteiger partial charge in [-0.2, -0.15) is 4.98 Å². The number of benzene rings is 2. The molecule has 0 saturated heterocycles. The number of anilines is 1. The molecule has 0 amide bonds. The van der Waals surface area contributed by atoms with Gasteiger partial charge in [-0.1, -0.05) is 24.3 Å². The quantitative estimate of drug-likeness (QED) is 0.678. The van der Waals surface area contributed by atoms with Crippen LogP contribution in [0.1, 0.15) is 35.6 Å². The summed E-state index contributed by atoms with van der Waals surface area (Å²) >= 11 is 0. The average molecular weight is 398 g/mol. The molecule has 1 aliphatic rings. The lowest BCUT2D eigenvalue weighted by Gasteiger charge is -2.17. The summed E-state index contributed by atoms with van der Waals surface area (Å²) in [7, 11) is -3.98. The van der Waals surface area contributed by atoms with Gasteiger partial charge in [0, 0.05) is 5.56 Å². The number of para-hydroxylation sites is 1. The number of nitrogens with one attached hydrogen (secondary N) is 1. The SMILES string of the molecule is Cc1nc(NS(=O)(=O)c2ccc3c(c2)C(=O)OC3(C)C)nn1-c1ccccc1. The topological polar surface area (TPSA) is 103 Å². The van der Waals surface area contributed by atoms with E-state index in [0.717, 1.165) is 5.69 Å². The van der Waals surface area contributed by atoms with Crippen molar-refractivity contribution < 1.29 is 17.9 Å². The summed E-state index contributed by atoms with van der Waals surface area (Å²) < 4.78 is 34.8. The Morgan fingerprint density at radius 3 is 2.54 bits per heavy atom. The van der Waals surface area contributed by atoms with E-state index in [4.69, 9.17) is 4.74 Å². The number of ether oxygens (including phenoxy) is 1. The number of nitrogens with zero attached hydrogens (tertiary/aromatic N) is 3. The standard InChI is InChI=1S/C19H18N4O4S/c1-12-20-18(21-23(12)13-7-5-4-6-8-13)22-28(25,26)14-9-10-16-15(11-14)17(24)27-19(16,2)3/h4-11H,1-3H3,(H,21,22). The van der Waals surface area contributed by atoms with Gasteiger partial charge in [-0.05, 0) is 45.0 Å². The van der Waals surface area contributed by atoms with Crippen molar-refractivity contribution >= 4 is 21.9 Å². The van der Waals surface area contributed by atoms with Crippen LogP contribution < -0.4 is 4.72 Å². The summed E-state index contributed by atoms with van der Waals surface area (Å²) in [4.78, 5) is 16.2. The summed E-state index contributed by atoms with van der Waals surface area (Å²) in [6.45, 7) is 5.24. The van der Waals surface area contributed by atoms with Crippen LogP contribution in [0.15, 0.2) is 53.4 Å². The molecule has 0 spiro atoms. The first-order valence-corrected chi connectivity index (χ1v) is 10.1. The Morgan fingerprint density at radius 2 is 1.82 bits per heavy atom. The number of rotatable bonds is 4. The van der Waals surface area contributed by atoms with E-state index in [2.05, 4.69) is 14.8 Å². The molecule has 0 radical (unpaired) electrons. The van der Waals surface area contributed by atoms with Gasteiger partial charge in [-0.15, -0.1) is 5.10 Å². The van der Waals surface area contributed by atoms with Crippen LogP contribution in [0.3, 0.4) is 0 Å². The van der Waals surface area contributed by atoms with Crippen LogP contribution in [0.5, 0.6) is 0 Å². The molecule has 8 nitrogen and oxygen atoms in total. The lowest BCUT2D eigenvalue weighted by molar-refractivity contribution is 0.00954. The Hall–Kier alpha value is -3.20. The van der Waals surface area contributed by atoms with Gasteiger partial charge >= 0.3 is 5.97 Å². The Bertz CT molecular complexity index is 1180. The minimum absolute atomic E-state index is 0.0512. The Balaban J connectivity index is 1.66. The van der Waals surface area contributed by atoms with Gasteiger partial charge in [0.15, 0.2) is 0 Å². The first-order chi connectivity index (χ1) is 13.2. The molecule has 144 valence electrons. The van der Waals surface area contributed by atoms with Gasteiger partial charge in [0.1, 0.15) is 11.4 Å². The summed E-state index contributed by atoms with van der Waals surface area (Å²) in [5.41, 5.74) is 0.876. The maximum absolute atomic E-state index is 12.8. The molecule has 4 rings (SSSR count). The van der Waals surface area contributed by atoms with E-state index in [9.17, 15) is 13.2 Å². The molecule has 0 atom stereocenters. The fourth-order valence-corrected chi connectivity index (χ4v) is 4.12. The van der Waals surface area contributed by atoms with E-state index in [1.807, 2.05) is 30.3 Å². The largest absolute Gasteiger partial charge is 0.451 e. The van der Waals surface area contributed by atoms with E-state index in [-0.39, 0.29) is 16.4 Å². The fraction of sp³-hybridized carbons (Fsp3) is 0.211. The fourth-order valence-electron chi connectivity index (χ4n) is 3.15. The van der Waals surface area contributed by atoms with Crippen LogP contribution >= 0.6 is 0 Å². The van der Waals surface area contributed by atoms with Crippen LogP contribution in [-0.2, 0) is 20.4 Å². The number of hydrogen-bond donors (Lipinski definition) is 1. The molecule has 2 aromatic carbocycles. The molecule has 0 fully saturated rings. The summed E-state index contributed by atoms with van der Waals surface area (Å²) in [5.74, 6) is -0.0627. The third-order valence-electron chi connectivity index (χ3n) is 4.51. The molecule has 1 N–H and O–H groups in total.